The van der Waals surface area contributed by atoms with E-state index in [4.69, 9.17) is 6.42 Å². The van der Waals surface area contributed by atoms with E-state index in [1.165, 1.54) is 23.5 Å². The topological polar surface area (TPSA) is 111 Å². The molecule has 1 aliphatic rings. The molecule has 1 aliphatic carbocycles. The number of aliphatic hydroxyl groups excluding tert-OH is 1. The molecule has 0 aliphatic heterocycles. The number of urea groups is 1. The Labute approximate surface area is 188 Å². The van der Waals surface area contributed by atoms with Gasteiger partial charge in [-0.25, -0.2) is 14.2 Å². The monoisotopic (exact) mass is 447 g/mol. The Morgan fingerprint density at radius 3 is 2.78 bits per heavy atom. The summed E-state index contributed by atoms with van der Waals surface area (Å²) in [6, 6.07) is 8.84. The number of carbonyl (C=O) groups is 1. The molecule has 2 amide bonds. The number of benzene rings is 1. The van der Waals surface area contributed by atoms with Crippen LogP contribution in [0.3, 0.4) is 0 Å². The van der Waals surface area contributed by atoms with Gasteiger partial charge in [-0.2, -0.15) is 5.26 Å². The highest BCUT2D eigenvalue weighted by Crippen LogP contribution is 2.50. The Kier molecular flexibility index (Phi) is 5.87. The lowest BCUT2D eigenvalue weighted by Crippen LogP contribution is -2.34. The fourth-order valence-corrected chi connectivity index (χ4v) is 3.98. The van der Waals surface area contributed by atoms with E-state index < -0.39 is 17.5 Å². The summed E-state index contributed by atoms with van der Waals surface area (Å²) in [7, 11) is 0. The van der Waals surface area contributed by atoms with Gasteiger partial charge in [0.2, 0.25) is 0 Å². The predicted molar refractivity (Wildman–Crippen MR) is 118 cm³/mol. The Balaban J connectivity index is 1.51. The molecule has 160 valence electrons. The zero-order valence-electron chi connectivity index (χ0n) is 16.8. The van der Waals surface area contributed by atoms with E-state index >= 15 is 0 Å². The molecule has 1 saturated carbocycles. The molecule has 3 N–H and O–H groups in total. The number of amides is 2. The normalized spacial score (nSPS) is 14.6. The summed E-state index contributed by atoms with van der Waals surface area (Å²) in [6.45, 7) is -0.369. The molecule has 32 heavy (non-hydrogen) atoms. The van der Waals surface area contributed by atoms with Gasteiger partial charge >= 0.3 is 6.03 Å². The Morgan fingerprint density at radius 1 is 1.38 bits per heavy atom. The van der Waals surface area contributed by atoms with Crippen molar-refractivity contribution in [1.82, 2.24) is 15.3 Å². The molecule has 3 aromatic rings. The fourth-order valence-electron chi connectivity index (χ4n) is 3.42. The second-order valence-electron chi connectivity index (χ2n) is 7.37. The molecular formula is C23H18FN5O2S. The summed E-state index contributed by atoms with van der Waals surface area (Å²) in [6.07, 6.45) is 8.24. The predicted octanol–water partition coefficient (Wildman–Crippen LogP) is 3.74. The van der Waals surface area contributed by atoms with Crippen molar-refractivity contribution >= 4 is 23.2 Å². The molecule has 7 nitrogen and oxygen atoms in total. The van der Waals surface area contributed by atoms with E-state index in [9.17, 15) is 19.6 Å². The smallest absolute Gasteiger partial charge is 0.321 e. The van der Waals surface area contributed by atoms with E-state index in [-0.39, 0.29) is 12.4 Å². The zero-order valence-corrected chi connectivity index (χ0v) is 17.6. The average molecular weight is 447 g/mol. The number of nitrogens with one attached hydrogen (secondary N) is 2. The molecule has 0 bridgehead atoms. The van der Waals surface area contributed by atoms with Gasteiger partial charge in [-0.15, -0.1) is 17.8 Å². The van der Waals surface area contributed by atoms with Crippen molar-refractivity contribution in [1.29, 1.82) is 5.26 Å². The maximum Gasteiger partial charge on any atom is 0.321 e. The van der Waals surface area contributed by atoms with Crippen LogP contribution >= 0.6 is 11.3 Å². The van der Waals surface area contributed by atoms with Crippen LogP contribution in [0, 0.1) is 29.5 Å². The minimum Gasteiger partial charge on any atom is -0.394 e. The van der Waals surface area contributed by atoms with Crippen LogP contribution in [0.25, 0.3) is 11.1 Å². The number of aliphatic hydroxyl groups is 1. The number of hydrogen-bond donors (Lipinski definition) is 3. The number of pyridine rings is 1. The van der Waals surface area contributed by atoms with Crippen molar-refractivity contribution in [3.05, 3.63) is 64.0 Å². The third kappa shape index (κ3) is 4.30. The molecule has 0 saturated heterocycles. The lowest BCUT2D eigenvalue weighted by atomic mass is 9.89. The molecular weight excluding hydrogens is 429 g/mol. The molecule has 0 spiro atoms. The Hall–Kier alpha value is -3.79. The number of halogens is 1. The van der Waals surface area contributed by atoms with Crippen LogP contribution in [-0.4, -0.2) is 27.7 Å². The largest absolute Gasteiger partial charge is 0.394 e. The SMILES string of the molecule is C#Cc1nc(NC(=O)N[C@@H](CO)c2ccc(-c3ccc(F)cc3C3(C#N)CC3)cn2)cs1. The van der Waals surface area contributed by atoms with Gasteiger partial charge in [0, 0.05) is 17.1 Å². The lowest BCUT2D eigenvalue weighted by Gasteiger charge is -2.17. The molecule has 1 aromatic carbocycles. The molecule has 4 rings (SSSR count). The van der Waals surface area contributed by atoms with Crippen molar-refractivity contribution in [2.24, 2.45) is 0 Å². The van der Waals surface area contributed by atoms with Crippen LogP contribution in [0.1, 0.15) is 35.1 Å². The molecule has 1 fully saturated rings. The van der Waals surface area contributed by atoms with Crippen molar-refractivity contribution in [3.8, 4) is 29.5 Å². The Morgan fingerprint density at radius 2 is 2.19 bits per heavy atom. The van der Waals surface area contributed by atoms with Crippen LogP contribution in [0.5, 0.6) is 0 Å². The number of terminal acetylenes is 1. The number of nitrogens with zero attached hydrogens (tertiary/aromatic N) is 3. The van der Waals surface area contributed by atoms with Crippen LogP contribution < -0.4 is 10.6 Å². The summed E-state index contributed by atoms with van der Waals surface area (Å²) in [5.74, 6) is 2.31. The number of aromatic nitrogens is 2. The van der Waals surface area contributed by atoms with E-state index in [1.807, 2.05) is 0 Å². The van der Waals surface area contributed by atoms with Gasteiger partial charge in [-0.1, -0.05) is 12.1 Å². The first-order valence-electron chi connectivity index (χ1n) is 9.76. The number of hydrogen-bond acceptors (Lipinski definition) is 6. The van der Waals surface area contributed by atoms with Crippen LogP contribution in [-0.2, 0) is 5.41 Å². The van der Waals surface area contributed by atoms with E-state index in [0.29, 0.717) is 34.9 Å². The summed E-state index contributed by atoms with van der Waals surface area (Å²) in [4.78, 5) is 20.7. The van der Waals surface area contributed by atoms with Crippen LogP contribution in [0.4, 0.5) is 15.0 Å². The molecule has 0 radical (unpaired) electrons. The first-order valence-corrected chi connectivity index (χ1v) is 10.6. The average Bonchev–Trinajstić information content (AvgIpc) is 3.49. The highest BCUT2D eigenvalue weighted by Gasteiger charge is 2.46. The highest BCUT2D eigenvalue weighted by atomic mass is 32.1. The number of anilines is 1. The summed E-state index contributed by atoms with van der Waals surface area (Å²) >= 11 is 1.23. The summed E-state index contributed by atoms with van der Waals surface area (Å²) in [5, 5.41) is 26.6. The number of carbonyl (C=O) groups excluding carboxylic acids is 1. The molecule has 9 heteroatoms. The zero-order chi connectivity index (χ0) is 22.7. The van der Waals surface area contributed by atoms with Gasteiger partial charge in [0.15, 0.2) is 5.01 Å². The molecule has 1 atom stereocenters. The minimum atomic E-state index is -0.753. The number of thiazole rings is 1. The van der Waals surface area contributed by atoms with Gasteiger partial charge in [0.25, 0.3) is 0 Å². The van der Waals surface area contributed by atoms with E-state index in [2.05, 4.69) is 32.6 Å². The van der Waals surface area contributed by atoms with Crippen LogP contribution in [0.2, 0.25) is 0 Å². The third-order valence-electron chi connectivity index (χ3n) is 5.27. The van der Waals surface area contributed by atoms with Crippen LogP contribution in [0.15, 0.2) is 41.9 Å². The van der Waals surface area contributed by atoms with Gasteiger partial charge in [-0.3, -0.25) is 10.3 Å². The first-order chi connectivity index (χ1) is 15.5. The minimum absolute atomic E-state index is 0.316. The van der Waals surface area contributed by atoms with Crippen molar-refractivity contribution in [2.45, 2.75) is 24.3 Å². The Bertz CT molecular complexity index is 1240. The third-order valence-corrected chi connectivity index (χ3v) is 6.05. The summed E-state index contributed by atoms with van der Waals surface area (Å²) in [5.41, 5.74) is 1.90. The molecule has 2 heterocycles. The standard InChI is InChI=1S/C23H18FN5O2S/c1-2-21-28-20(12-32-21)29-22(31)27-19(11-30)18-6-3-14(10-26-18)16-5-4-15(24)9-17(16)23(13-25)7-8-23/h1,3-6,9-10,12,19,30H,7-8,11H2,(H2,27,29,31)/t19-/m0/s1. The van der Waals surface area contributed by atoms with Crippen molar-refractivity contribution < 1.29 is 14.3 Å². The van der Waals surface area contributed by atoms with Crippen molar-refractivity contribution in [2.75, 3.05) is 11.9 Å². The second-order valence-corrected chi connectivity index (χ2v) is 8.23. The maximum atomic E-state index is 13.9. The number of nitriles is 1. The quantitative estimate of drug-likeness (QED) is 0.499. The lowest BCUT2D eigenvalue weighted by molar-refractivity contribution is 0.224. The van der Waals surface area contributed by atoms with Gasteiger partial charge in [0.05, 0.1) is 29.8 Å². The second kappa shape index (κ2) is 8.75. The molecule has 0 unspecified atom stereocenters. The fraction of sp³-hybridized carbons (Fsp3) is 0.217. The van der Waals surface area contributed by atoms with Gasteiger partial charge in [-0.05, 0) is 48.1 Å². The van der Waals surface area contributed by atoms with Gasteiger partial charge < -0.3 is 10.4 Å². The number of rotatable bonds is 6. The maximum absolute atomic E-state index is 13.9. The van der Waals surface area contributed by atoms with E-state index in [0.717, 1.165) is 11.1 Å². The summed E-state index contributed by atoms with van der Waals surface area (Å²) < 4.78 is 13.9. The first kappa shape index (κ1) is 21.4. The highest BCUT2D eigenvalue weighted by molar-refractivity contribution is 7.10. The van der Waals surface area contributed by atoms with Crippen molar-refractivity contribution in [3.63, 3.8) is 0 Å². The van der Waals surface area contributed by atoms with E-state index in [1.54, 1.807) is 29.8 Å². The van der Waals surface area contributed by atoms with Gasteiger partial charge in [0.1, 0.15) is 11.6 Å². The molecule has 2 aromatic heterocycles.